The van der Waals surface area contributed by atoms with Crippen LogP contribution in [0.15, 0.2) is 40.4 Å². The van der Waals surface area contributed by atoms with E-state index >= 15 is 0 Å². The third kappa shape index (κ3) is 13.4. The van der Waals surface area contributed by atoms with E-state index in [9.17, 15) is 19.8 Å². The van der Waals surface area contributed by atoms with Crippen LogP contribution in [0.5, 0.6) is 5.75 Å². The molecule has 8 heteroatoms. The molecule has 8 nitrogen and oxygen atoms in total. The van der Waals surface area contributed by atoms with E-state index in [4.69, 9.17) is 14.6 Å². The van der Waals surface area contributed by atoms with Gasteiger partial charge in [-0.2, -0.15) is 0 Å². The van der Waals surface area contributed by atoms with E-state index in [-0.39, 0.29) is 52.6 Å². The van der Waals surface area contributed by atoms with Crippen molar-refractivity contribution < 1.29 is 34.4 Å². The number of benzene rings is 1. The lowest BCUT2D eigenvalue weighted by molar-refractivity contribution is -0.144. The normalized spacial score (nSPS) is 20.9. The first-order chi connectivity index (χ1) is 23.7. The van der Waals surface area contributed by atoms with Crippen molar-refractivity contribution >= 4 is 17.8 Å². The van der Waals surface area contributed by atoms with Crippen molar-refractivity contribution in [2.45, 2.75) is 171 Å². The fraction of sp³-hybridized carbons (Fsp3) is 0.705. The summed E-state index contributed by atoms with van der Waals surface area (Å²) in [6.45, 7) is 30.1. The van der Waals surface area contributed by atoms with E-state index < -0.39 is 11.6 Å². The van der Waals surface area contributed by atoms with E-state index in [1.54, 1.807) is 0 Å². The Bertz CT molecular complexity index is 1430. The Morgan fingerprint density at radius 2 is 1.46 bits per heavy atom. The minimum absolute atomic E-state index is 0.0342. The number of unbranched alkanes of at least 4 members (excludes halogenated alkanes) is 2. The number of rotatable bonds is 12. The van der Waals surface area contributed by atoms with E-state index in [1.165, 1.54) is 5.56 Å². The second-order valence-electron chi connectivity index (χ2n) is 19.1. The minimum Gasteiger partial charge on any atom is -0.507 e. The molecule has 52 heavy (non-hydrogen) atoms. The van der Waals surface area contributed by atoms with Gasteiger partial charge in [0.15, 0.2) is 5.90 Å². The Morgan fingerprint density at radius 3 is 1.94 bits per heavy atom. The monoisotopic (exact) mass is 726 g/mol. The zero-order chi connectivity index (χ0) is 39.9. The summed E-state index contributed by atoms with van der Waals surface area (Å²) in [5.74, 6) is 0.152. The highest BCUT2D eigenvalue weighted by Gasteiger charge is 2.46. The van der Waals surface area contributed by atoms with Crippen molar-refractivity contribution in [3.8, 4) is 5.75 Å². The molecule has 3 atom stereocenters. The first-order valence-electron chi connectivity index (χ1n) is 19.3. The first-order valence-corrected chi connectivity index (χ1v) is 19.3. The number of aryl methyl sites for hydroxylation is 1. The second kappa shape index (κ2) is 17.8. The van der Waals surface area contributed by atoms with Crippen LogP contribution in [-0.2, 0) is 36.3 Å². The molecule has 1 aromatic carbocycles. The van der Waals surface area contributed by atoms with Gasteiger partial charge >= 0.3 is 11.9 Å². The molecular weight excluding hydrogens is 654 g/mol. The molecule has 0 saturated heterocycles. The van der Waals surface area contributed by atoms with Crippen molar-refractivity contribution in [3.05, 3.63) is 52.1 Å². The van der Waals surface area contributed by atoms with E-state index in [0.29, 0.717) is 31.6 Å². The number of nitrogens with zero attached hydrogens (tertiary/aromatic N) is 1. The van der Waals surface area contributed by atoms with Gasteiger partial charge in [-0.15, -0.1) is 0 Å². The van der Waals surface area contributed by atoms with Crippen LogP contribution in [0.4, 0.5) is 0 Å². The van der Waals surface area contributed by atoms with Crippen LogP contribution in [-0.4, -0.2) is 58.0 Å². The molecule has 1 aromatic rings. The average molecular weight is 726 g/mol. The van der Waals surface area contributed by atoms with Gasteiger partial charge in [0.2, 0.25) is 0 Å². The Hall–Kier alpha value is -3.13. The summed E-state index contributed by atoms with van der Waals surface area (Å²) < 4.78 is 11.1. The van der Waals surface area contributed by atoms with Crippen molar-refractivity contribution in [3.63, 3.8) is 0 Å². The summed E-state index contributed by atoms with van der Waals surface area (Å²) in [6, 6.07) is 4.10. The highest BCUT2D eigenvalue weighted by Crippen LogP contribution is 2.49. The molecule has 0 radical (unpaired) electrons. The van der Waals surface area contributed by atoms with Gasteiger partial charge in [-0.25, -0.2) is 4.99 Å². The van der Waals surface area contributed by atoms with Crippen LogP contribution in [0, 0.1) is 16.7 Å². The lowest BCUT2D eigenvalue weighted by Gasteiger charge is -2.47. The van der Waals surface area contributed by atoms with Crippen LogP contribution in [0.1, 0.15) is 159 Å². The highest BCUT2D eigenvalue weighted by atomic mass is 16.5. The lowest BCUT2D eigenvalue weighted by atomic mass is 9.61. The predicted molar refractivity (Wildman–Crippen MR) is 212 cm³/mol. The molecule has 3 unspecified atom stereocenters. The van der Waals surface area contributed by atoms with Crippen LogP contribution >= 0.6 is 0 Å². The third-order valence-electron chi connectivity index (χ3n) is 9.83. The number of aliphatic imine (C=N–C) groups is 1. The second-order valence-corrected chi connectivity index (χ2v) is 19.1. The number of phenols is 1. The summed E-state index contributed by atoms with van der Waals surface area (Å²) in [5.41, 5.74) is 3.66. The maximum atomic E-state index is 11.8. The van der Waals surface area contributed by atoms with Crippen molar-refractivity contribution in [1.82, 2.24) is 0 Å². The van der Waals surface area contributed by atoms with Crippen molar-refractivity contribution in [2.75, 3.05) is 13.2 Å². The van der Waals surface area contributed by atoms with Gasteiger partial charge in [-0.05, 0) is 70.1 Å². The van der Waals surface area contributed by atoms with Gasteiger partial charge in [0.25, 0.3) is 0 Å². The number of esters is 1. The number of carboxylic acid groups (broad SMARTS) is 1. The Labute approximate surface area is 315 Å². The molecule has 1 heterocycles. The fourth-order valence-electron chi connectivity index (χ4n) is 7.11. The molecule has 3 rings (SSSR count). The first kappa shape index (κ1) is 45.0. The number of carbonyl (C=O) groups excluding carboxylic acids is 1. The maximum absolute atomic E-state index is 11.8. The summed E-state index contributed by atoms with van der Waals surface area (Å²) >= 11 is 0. The molecular formula is C44H71NO7. The van der Waals surface area contributed by atoms with Crippen LogP contribution in [0.3, 0.4) is 0 Å². The Kier molecular flexibility index (Phi) is 15.4. The molecule has 0 spiro atoms. The minimum atomic E-state index is -0.913. The molecule has 2 aliphatic rings. The van der Waals surface area contributed by atoms with Gasteiger partial charge in [0, 0.05) is 25.2 Å². The van der Waals surface area contributed by atoms with E-state index in [2.05, 4.69) is 113 Å². The van der Waals surface area contributed by atoms with Gasteiger partial charge < -0.3 is 24.8 Å². The Balaban J connectivity index is 0.000000389. The third-order valence-corrected chi connectivity index (χ3v) is 9.83. The molecule has 0 fully saturated rings. The number of aromatic hydroxyl groups is 1. The van der Waals surface area contributed by atoms with Crippen LogP contribution in [0.25, 0.3) is 0 Å². The number of carboxylic acids is 1. The standard InChI is InChI=1S/C26H41NO4.C18H30O3/c1-8-9-10-11-23(28)31-17-19-16-30-22(27-19)13-12-18-14-20(25(2,3)4)24(29)21(15-18)26(5,6)7;1-16(2,3)13-10-12(8-9-15(19)20)11-14(17(4,5)6)18(13,7)21/h14-15,19,29H,8-13,16-17H2,1-7H3;10-11,13,21H,8-9H2,1-7H3,(H,19,20). The zero-order valence-corrected chi connectivity index (χ0v) is 35.0. The van der Waals surface area contributed by atoms with Crippen molar-refractivity contribution in [1.29, 1.82) is 0 Å². The van der Waals surface area contributed by atoms with Crippen LogP contribution < -0.4 is 0 Å². The average Bonchev–Trinajstić information content (AvgIpc) is 3.44. The highest BCUT2D eigenvalue weighted by molar-refractivity contribution is 5.78. The Morgan fingerprint density at radius 1 is 0.885 bits per heavy atom. The number of carbonyl (C=O) groups is 2. The molecule has 294 valence electrons. The largest absolute Gasteiger partial charge is 0.507 e. The number of aliphatic hydroxyl groups is 1. The number of hydrogen-bond donors (Lipinski definition) is 3. The zero-order valence-electron chi connectivity index (χ0n) is 35.0. The number of aliphatic carboxylic acids is 1. The van der Waals surface area contributed by atoms with Crippen molar-refractivity contribution in [2.24, 2.45) is 21.7 Å². The number of hydrogen-bond acceptors (Lipinski definition) is 7. The van der Waals surface area contributed by atoms with Gasteiger partial charge in [-0.1, -0.05) is 133 Å². The lowest BCUT2D eigenvalue weighted by Crippen LogP contribution is -2.47. The maximum Gasteiger partial charge on any atom is 0.305 e. The molecule has 3 N–H and O–H groups in total. The number of allylic oxidation sites excluding steroid dienone is 2. The van der Waals surface area contributed by atoms with Gasteiger partial charge in [0.1, 0.15) is 25.0 Å². The van der Waals surface area contributed by atoms with Crippen LogP contribution in [0.2, 0.25) is 0 Å². The fourth-order valence-corrected chi connectivity index (χ4v) is 7.11. The summed E-state index contributed by atoms with van der Waals surface area (Å²) in [7, 11) is 0. The van der Waals surface area contributed by atoms with Gasteiger partial charge in [-0.3, -0.25) is 9.59 Å². The molecule has 1 aliphatic carbocycles. The summed E-state index contributed by atoms with van der Waals surface area (Å²) in [6.07, 6.45) is 9.69. The molecule has 0 aromatic heterocycles. The van der Waals surface area contributed by atoms with E-state index in [1.807, 2.05) is 13.0 Å². The summed E-state index contributed by atoms with van der Waals surface area (Å²) in [4.78, 5) is 27.2. The summed E-state index contributed by atoms with van der Waals surface area (Å²) in [5, 5.41) is 30.9. The number of phenolic OH excluding ortho intramolecular Hbond substituents is 1. The topological polar surface area (TPSA) is 126 Å². The number of ether oxygens (including phenoxy) is 2. The van der Waals surface area contributed by atoms with Gasteiger partial charge in [0.05, 0.1) is 5.60 Å². The smallest absolute Gasteiger partial charge is 0.305 e. The molecule has 0 amide bonds. The molecule has 0 bridgehead atoms. The quantitative estimate of drug-likeness (QED) is 0.145. The molecule has 0 saturated carbocycles. The van der Waals surface area contributed by atoms with E-state index in [0.717, 1.165) is 53.9 Å². The SMILES string of the molecule is CC(C)(C)C1=CC(CCC(=O)O)=CC(C(C)(C)C)C1(C)O.CCCCCC(=O)OCC1COC(CCc2cc(C(C)(C)C)c(O)c(C(C)(C)C)c2)=N1. The molecule has 1 aliphatic heterocycles. The predicted octanol–water partition coefficient (Wildman–Crippen LogP) is 10.0.